The quantitative estimate of drug-likeness (QED) is 0.574. The summed E-state index contributed by atoms with van der Waals surface area (Å²) >= 11 is 0. The first kappa shape index (κ1) is 23.7. The Balaban J connectivity index is 1.65. The van der Waals surface area contributed by atoms with Gasteiger partial charge in [-0.2, -0.15) is 0 Å². The van der Waals surface area contributed by atoms with Crippen LogP contribution < -0.4 is 14.8 Å². The molecule has 0 unspecified atom stereocenters. The van der Waals surface area contributed by atoms with Crippen LogP contribution in [-0.2, 0) is 20.9 Å². The second-order valence-corrected chi connectivity index (χ2v) is 9.42. The zero-order valence-corrected chi connectivity index (χ0v) is 20.3. The molecule has 0 saturated heterocycles. The van der Waals surface area contributed by atoms with E-state index in [9.17, 15) is 9.59 Å². The first-order chi connectivity index (χ1) is 16.2. The monoisotopic (exact) mass is 465 g/mol. The number of hydrogen-bond acceptors (Lipinski definition) is 7. The van der Waals surface area contributed by atoms with Crippen LogP contribution in [0.5, 0.6) is 11.5 Å². The number of Topliss-reactive ketones (excluding diaryl/α,β-unsaturated/α-hetero) is 1. The van der Waals surface area contributed by atoms with Gasteiger partial charge in [-0.1, -0.05) is 13.8 Å². The zero-order chi connectivity index (χ0) is 24.5. The highest BCUT2D eigenvalue weighted by molar-refractivity contribution is 6.04. The van der Waals surface area contributed by atoms with Crippen LogP contribution in [0.15, 0.2) is 63.4 Å². The molecule has 0 bridgehead atoms. The number of esters is 1. The molecule has 0 radical (unpaired) electrons. The minimum atomic E-state index is -0.617. The van der Waals surface area contributed by atoms with Crippen LogP contribution in [0.4, 0.5) is 0 Å². The van der Waals surface area contributed by atoms with Gasteiger partial charge in [0.1, 0.15) is 29.6 Å². The molecule has 2 heterocycles. The molecule has 1 aliphatic carbocycles. The van der Waals surface area contributed by atoms with Gasteiger partial charge < -0.3 is 23.9 Å². The van der Waals surface area contributed by atoms with Gasteiger partial charge in [0.15, 0.2) is 5.78 Å². The van der Waals surface area contributed by atoms with Crippen LogP contribution in [0.3, 0.4) is 0 Å². The largest absolute Gasteiger partial charge is 0.497 e. The smallest absolute Gasteiger partial charge is 0.336 e. The molecule has 1 atom stereocenters. The number of hydrogen-bond donors (Lipinski definition) is 1. The average Bonchev–Trinajstić information content (AvgIpc) is 3.25. The summed E-state index contributed by atoms with van der Waals surface area (Å²) in [5.74, 6) is 1.50. The second kappa shape index (κ2) is 9.41. The Kier molecular flexibility index (Phi) is 6.55. The number of ether oxygens (including phenoxy) is 3. The van der Waals surface area contributed by atoms with Gasteiger partial charge in [-0.05, 0) is 62.1 Å². The van der Waals surface area contributed by atoms with E-state index >= 15 is 0 Å². The van der Waals surface area contributed by atoms with Gasteiger partial charge in [0.05, 0.1) is 25.2 Å². The molecule has 0 fully saturated rings. The van der Waals surface area contributed by atoms with Crippen molar-refractivity contribution in [3.8, 4) is 11.5 Å². The molecule has 7 heteroatoms. The Bertz CT molecular complexity index is 1150. The van der Waals surface area contributed by atoms with Crippen molar-refractivity contribution >= 4 is 11.8 Å². The molecule has 7 nitrogen and oxygen atoms in total. The minimum absolute atomic E-state index is 0.0190. The van der Waals surface area contributed by atoms with E-state index in [1.807, 2.05) is 43.3 Å². The highest BCUT2D eigenvalue weighted by Crippen LogP contribution is 2.47. The first-order valence-corrected chi connectivity index (χ1v) is 11.5. The molecule has 2 aromatic rings. The molecular weight excluding hydrogens is 434 g/mol. The van der Waals surface area contributed by atoms with E-state index in [1.165, 1.54) is 0 Å². The fraction of sp³-hybridized carbons (Fsp3) is 0.407. The van der Waals surface area contributed by atoms with E-state index in [4.69, 9.17) is 18.6 Å². The van der Waals surface area contributed by atoms with Gasteiger partial charge in [0.25, 0.3) is 0 Å². The maximum Gasteiger partial charge on any atom is 0.336 e. The number of benzene rings is 1. The highest BCUT2D eigenvalue weighted by atomic mass is 16.5. The molecule has 2 aliphatic rings. The summed E-state index contributed by atoms with van der Waals surface area (Å²) in [6, 6.07) is 10.9. The van der Waals surface area contributed by atoms with Crippen LogP contribution >= 0.6 is 0 Å². The Hall–Kier alpha value is -3.48. The van der Waals surface area contributed by atoms with Crippen molar-refractivity contribution in [2.24, 2.45) is 5.41 Å². The van der Waals surface area contributed by atoms with E-state index in [1.54, 1.807) is 14.0 Å². The van der Waals surface area contributed by atoms with Crippen molar-refractivity contribution in [3.63, 3.8) is 0 Å². The van der Waals surface area contributed by atoms with Crippen LogP contribution in [0, 0.1) is 5.41 Å². The van der Waals surface area contributed by atoms with Crippen LogP contribution in [0.2, 0.25) is 0 Å². The molecule has 180 valence electrons. The summed E-state index contributed by atoms with van der Waals surface area (Å²) in [5.41, 5.74) is 2.37. The minimum Gasteiger partial charge on any atom is -0.497 e. The maximum absolute atomic E-state index is 13.3. The van der Waals surface area contributed by atoms with Crippen LogP contribution in [-0.4, -0.2) is 25.5 Å². The summed E-state index contributed by atoms with van der Waals surface area (Å²) in [5, 5.41) is 3.32. The van der Waals surface area contributed by atoms with Crippen molar-refractivity contribution in [2.75, 3.05) is 13.7 Å². The molecule has 4 rings (SSSR count). The van der Waals surface area contributed by atoms with Gasteiger partial charge in [0, 0.05) is 23.4 Å². The van der Waals surface area contributed by atoms with Crippen molar-refractivity contribution in [2.45, 2.75) is 53.1 Å². The predicted octanol–water partition coefficient (Wildman–Crippen LogP) is 5.03. The number of methoxy groups -OCH3 is 1. The number of allylic oxidation sites excluding steroid dienone is 3. The van der Waals surface area contributed by atoms with Gasteiger partial charge in [-0.15, -0.1) is 0 Å². The molecule has 0 amide bonds. The lowest BCUT2D eigenvalue weighted by Crippen LogP contribution is -2.38. The summed E-state index contributed by atoms with van der Waals surface area (Å²) in [4.78, 5) is 26.2. The van der Waals surface area contributed by atoms with Gasteiger partial charge >= 0.3 is 5.97 Å². The van der Waals surface area contributed by atoms with E-state index in [0.29, 0.717) is 47.0 Å². The summed E-state index contributed by atoms with van der Waals surface area (Å²) in [6.45, 7) is 8.21. The lowest BCUT2D eigenvalue weighted by molar-refractivity contribution is -0.138. The maximum atomic E-state index is 13.3. The van der Waals surface area contributed by atoms with Crippen LogP contribution in [0.25, 0.3) is 0 Å². The van der Waals surface area contributed by atoms with E-state index in [2.05, 4.69) is 19.2 Å². The molecule has 1 aromatic carbocycles. The lowest BCUT2D eigenvalue weighted by atomic mass is 9.69. The van der Waals surface area contributed by atoms with Gasteiger partial charge in [-0.25, -0.2) is 4.79 Å². The fourth-order valence-corrected chi connectivity index (χ4v) is 4.65. The topological polar surface area (TPSA) is 87.0 Å². The van der Waals surface area contributed by atoms with Crippen molar-refractivity contribution < 1.29 is 28.2 Å². The highest BCUT2D eigenvalue weighted by Gasteiger charge is 2.44. The Labute approximate surface area is 199 Å². The van der Waals surface area contributed by atoms with Gasteiger partial charge in [0.2, 0.25) is 0 Å². The van der Waals surface area contributed by atoms with E-state index in [0.717, 1.165) is 11.4 Å². The number of nitrogens with one attached hydrogen (secondary N) is 1. The number of carbonyl (C=O) groups excluding carboxylic acids is 2. The summed E-state index contributed by atoms with van der Waals surface area (Å²) in [7, 11) is 1.61. The first-order valence-electron chi connectivity index (χ1n) is 11.5. The molecule has 34 heavy (non-hydrogen) atoms. The molecule has 1 aliphatic heterocycles. The van der Waals surface area contributed by atoms with Crippen molar-refractivity contribution in [1.82, 2.24) is 5.32 Å². The van der Waals surface area contributed by atoms with Crippen molar-refractivity contribution in [3.05, 3.63) is 70.5 Å². The molecule has 1 aromatic heterocycles. The number of carbonyl (C=O) groups is 2. The van der Waals surface area contributed by atoms with E-state index in [-0.39, 0.29) is 24.4 Å². The summed E-state index contributed by atoms with van der Waals surface area (Å²) < 4.78 is 22.5. The molecule has 0 saturated carbocycles. The normalized spacial score (nSPS) is 19.4. The Morgan fingerprint density at radius 2 is 1.82 bits per heavy atom. The Morgan fingerprint density at radius 3 is 2.50 bits per heavy atom. The summed E-state index contributed by atoms with van der Waals surface area (Å²) in [6.07, 6.45) is 1.12. The molecule has 1 N–H and O–H groups in total. The number of furan rings is 1. The second-order valence-electron chi connectivity index (χ2n) is 9.42. The Morgan fingerprint density at radius 1 is 1.12 bits per heavy atom. The number of ketones is 1. The number of dihydropyridines is 1. The third kappa shape index (κ3) is 4.74. The third-order valence-electron chi connectivity index (χ3n) is 6.14. The van der Waals surface area contributed by atoms with Crippen LogP contribution in [0.1, 0.15) is 58.0 Å². The van der Waals surface area contributed by atoms with E-state index < -0.39 is 11.9 Å². The standard InChI is InChI=1S/C27H31NO6/c1-6-32-26(30)23-16(2)28-20-13-27(3,4)14-21(29)24(20)25(23)22-12-11-19(34-22)15-33-18-9-7-17(31-5)8-10-18/h7-12,25,28H,6,13-15H2,1-5H3/t25-/m0/s1. The third-order valence-corrected chi connectivity index (χ3v) is 6.14. The molecular formula is C27H31NO6. The zero-order valence-electron chi connectivity index (χ0n) is 20.3. The van der Waals surface area contributed by atoms with Gasteiger partial charge in [-0.3, -0.25) is 4.79 Å². The predicted molar refractivity (Wildman–Crippen MR) is 126 cm³/mol. The lowest BCUT2D eigenvalue weighted by Gasteiger charge is -2.38. The average molecular weight is 466 g/mol. The van der Waals surface area contributed by atoms with Crippen molar-refractivity contribution in [1.29, 1.82) is 0 Å². The molecule has 0 spiro atoms. The SMILES string of the molecule is CCOC(=O)C1=C(C)NC2=C(C(=O)CC(C)(C)C2)[C@H]1c1ccc(COc2ccc(OC)cc2)o1. The number of rotatable bonds is 7. The fourth-order valence-electron chi connectivity index (χ4n) is 4.65.